The Morgan fingerprint density at radius 1 is 1.35 bits per heavy atom. The molecule has 1 heterocycles. The van der Waals surface area contributed by atoms with E-state index in [1.807, 2.05) is 0 Å². The van der Waals surface area contributed by atoms with Gasteiger partial charge in [-0.2, -0.15) is 0 Å². The van der Waals surface area contributed by atoms with Crippen molar-refractivity contribution in [2.24, 2.45) is 0 Å². The van der Waals surface area contributed by atoms with Gasteiger partial charge in [0.25, 0.3) is 5.91 Å². The van der Waals surface area contributed by atoms with Gasteiger partial charge in [-0.05, 0) is 24.3 Å². The van der Waals surface area contributed by atoms with Crippen molar-refractivity contribution in [3.63, 3.8) is 0 Å². The Balaban J connectivity index is 2.20. The third-order valence-electron chi connectivity index (χ3n) is 3.11. The number of carbonyl (C=O) groups excluding carboxylic acids is 1. The number of carboxylic acids is 1. The number of hydrogen-bond donors (Lipinski definition) is 1. The van der Waals surface area contributed by atoms with Crippen LogP contribution in [-0.2, 0) is 20.3 Å². The van der Waals surface area contributed by atoms with Crippen LogP contribution >= 0.6 is 0 Å². The van der Waals surface area contributed by atoms with Gasteiger partial charge >= 0.3 is 5.97 Å². The van der Waals surface area contributed by atoms with Crippen molar-refractivity contribution in [1.29, 1.82) is 0 Å². The molecule has 2 rings (SSSR count). The zero-order chi connectivity index (χ0) is 14.7. The minimum absolute atomic E-state index is 0.00185. The molecule has 1 aromatic rings. The monoisotopic (exact) mass is 297 g/mol. The summed E-state index contributed by atoms with van der Waals surface area (Å²) in [6, 6.07) is 5.39. The first-order valence-electron chi connectivity index (χ1n) is 6.05. The Bertz CT molecular complexity index is 542. The Kier molecular flexibility index (Phi) is 4.51. The molecule has 1 N–H and O–H groups in total. The van der Waals surface area contributed by atoms with Crippen LogP contribution in [0.1, 0.15) is 10.4 Å². The molecular formula is C13H15NO5S. The third-order valence-corrected chi connectivity index (χ3v) is 4.04. The molecule has 6 nitrogen and oxygen atoms in total. The number of rotatable bonds is 3. The SMILES string of the molecule is C[S@@](=O)c1ccc(C(=O)N2CCOC[C@H]2C(=O)O)cc1. The molecule has 0 spiro atoms. The maximum Gasteiger partial charge on any atom is 0.328 e. The molecule has 0 unspecified atom stereocenters. The summed E-state index contributed by atoms with van der Waals surface area (Å²) in [6.45, 7) is 0.571. The van der Waals surface area contributed by atoms with Crippen molar-refractivity contribution in [3.05, 3.63) is 29.8 Å². The number of morpholine rings is 1. The number of aliphatic carboxylic acids is 1. The van der Waals surface area contributed by atoms with E-state index < -0.39 is 22.8 Å². The Labute approximate surface area is 118 Å². The van der Waals surface area contributed by atoms with Gasteiger partial charge in [0.05, 0.1) is 13.2 Å². The van der Waals surface area contributed by atoms with Gasteiger partial charge in [0.15, 0.2) is 6.04 Å². The molecule has 1 aromatic carbocycles. The van der Waals surface area contributed by atoms with Gasteiger partial charge in [0.1, 0.15) is 0 Å². The van der Waals surface area contributed by atoms with Crippen LogP contribution in [0.5, 0.6) is 0 Å². The van der Waals surface area contributed by atoms with E-state index in [1.165, 1.54) is 4.90 Å². The fourth-order valence-corrected chi connectivity index (χ4v) is 2.53. The molecule has 0 saturated carbocycles. The lowest BCUT2D eigenvalue weighted by Crippen LogP contribution is -2.52. The van der Waals surface area contributed by atoms with Crippen molar-refractivity contribution in [1.82, 2.24) is 4.90 Å². The molecule has 0 radical (unpaired) electrons. The van der Waals surface area contributed by atoms with Gasteiger partial charge in [-0.3, -0.25) is 9.00 Å². The minimum Gasteiger partial charge on any atom is -0.480 e. The maximum absolute atomic E-state index is 12.3. The average molecular weight is 297 g/mol. The van der Waals surface area contributed by atoms with Gasteiger partial charge in [0, 0.05) is 34.1 Å². The third kappa shape index (κ3) is 3.05. The quantitative estimate of drug-likeness (QED) is 0.870. The van der Waals surface area contributed by atoms with Crippen molar-refractivity contribution in [3.8, 4) is 0 Å². The van der Waals surface area contributed by atoms with Crippen LogP contribution < -0.4 is 0 Å². The molecule has 2 atom stereocenters. The maximum atomic E-state index is 12.3. The molecule has 20 heavy (non-hydrogen) atoms. The summed E-state index contributed by atoms with van der Waals surface area (Å²) < 4.78 is 16.4. The van der Waals surface area contributed by atoms with Crippen LogP contribution in [0.2, 0.25) is 0 Å². The largest absolute Gasteiger partial charge is 0.480 e. The smallest absolute Gasteiger partial charge is 0.328 e. The first-order valence-corrected chi connectivity index (χ1v) is 7.61. The highest BCUT2D eigenvalue weighted by molar-refractivity contribution is 7.84. The van der Waals surface area contributed by atoms with Gasteiger partial charge in [0.2, 0.25) is 0 Å². The Morgan fingerprint density at radius 2 is 2.00 bits per heavy atom. The van der Waals surface area contributed by atoms with Crippen molar-refractivity contribution in [2.75, 3.05) is 26.0 Å². The van der Waals surface area contributed by atoms with Crippen molar-refractivity contribution in [2.45, 2.75) is 10.9 Å². The standard InChI is InChI=1S/C13H15NO5S/c1-20(18)10-4-2-9(3-5-10)12(15)14-6-7-19-8-11(14)13(16)17/h2-5,11H,6-8H2,1H3,(H,16,17)/t11-,20+/m0/s1. The number of carboxylic acid groups (broad SMARTS) is 1. The predicted octanol–water partition coefficient (Wildman–Crippen LogP) is 0.350. The zero-order valence-corrected chi connectivity index (χ0v) is 11.8. The van der Waals surface area contributed by atoms with Crippen LogP contribution in [0.15, 0.2) is 29.2 Å². The van der Waals surface area contributed by atoms with E-state index in [1.54, 1.807) is 30.5 Å². The lowest BCUT2D eigenvalue weighted by atomic mass is 10.1. The first-order chi connectivity index (χ1) is 9.50. The molecule has 1 amide bonds. The Hall–Kier alpha value is -1.73. The second-order valence-corrected chi connectivity index (χ2v) is 5.79. The minimum atomic E-state index is -1.11. The molecule has 1 aliphatic rings. The van der Waals surface area contributed by atoms with Gasteiger partial charge in [-0.1, -0.05) is 0 Å². The van der Waals surface area contributed by atoms with E-state index >= 15 is 0 Å². The summed E-state index contributed by atoms with van der Waals surface area (Å²) in [5.74, 6) is -1.43. The summed E-state index contributed by atoms with van der Waals surface area (Å²) in [4.78, 5) is 25.4. The number of amides is 1. The number of benzene rings is 1. The van der Waals surface area contributed by atoms with Gasteiger partial charge in [-0.15, -0.1) is 0 Å². The average Bonchev–Trinajstić information content (AvgIpc) is 2.46. The molecule has 108 valence electrons. The molecule has 1 aliphatic heterocycles. The lowest BCUT2D eigenvalue weighted by Gasteiger charge is -2.32. The van der Waals surface area contributed by atoms with Crippen molar-refractivity contribution >= 4 is 22.7 Å². The van der Waals surface area contributed by atoms with E-state index in [-0.39, 0.29) is 19.1 Å². The number of ether oxygens (including phenoxy) is 1. The van der Waals surface area contributed by atoms with Crippen LogP contribution in [0, 0.1) is 0 Å². The predicted molar refractivity (Wildman–Crippen MR) is 72.1 cm³/mol. The van der Waals surface area contributed by atoms with Crippen LogP contribution in [0.4, 0.5) is 0 Å². The number of hydrogen-bond acceptors (Lipinski definition) is 4. The molecule has 1 saturated heterocycles. The van der Waals surface area contributed by atoms with Gasteiger partial charge in [-0.25, -0.2) is 4.79 Å². The van der Waals surface area contributed by atoms with E-state index in [0.717, 1.165) is 0 Å². The highest BCUT2D eigenvalue weighted by Crippen LogP contribution is 2.14. The highest BCUT2D eigenvalue weighted by atomic mass is 32.2. The highest BCUT2D eigenvalue weighted by Gasteiger charge is 2.33. The summed E-state index contributed by atoms with van der Waals surface area (Å²) in [6.07, 6.45) is 1.55. The number of carbonyl (C=O) groups is 2. The summed E-state index contributed by atoms with van der Waals surface area (Å²) in [5.41, 5.74) is 0.382. The van der Waals surface area contributed by atoms with E-state index in [9.17, 15) is 13.8 Å². The molecule has 0 aliphatic carbocycles. The number of nitrogens with zero attached hydrogens (tertiary/aromatic N) is 1. The normalized spacial score (nSPS) is 20.4. The topological polar surface area (TPSA) is 83.9 Å². The Morgan fingerprint density at radius 3 is 2.55 bits per heavy atom. The summed E-state index contributed by atoms with van der Waals surface area (Å²) in [5, 5.41) is 9.11. The lowest BCUT2D eigenvalue weighted by molar-refractivity contribution is -0.147. The van der Waals surface area contributed by atoms with Crippen LogP contribution in [0.3, 0.4) is 0 Å². The molecule has 7 heteroatoms. The van der Waals surface area contributed by atoms with Crippen LogP contribution in [0.25, 0.3) is 0 Å². The van der Waals surface area contributed by atoms with E-state index in [4.69, 9.17) is 9.84 Å². The molecular weight excluding hydrogens is 282 g/mol. The van der Waals surface area contributed by atoms with E-state index in [0.29, 0.717) is 17.1 Å². The fraction of sp³-hybridized carbons (Fsp3) is 0.385. The molecule has 1 fully saturated rings. The molecule has 0 bridgehead atoms. The fourth-order valence-electron chi connectivity index (χ4n) is 2.01. The van der Waals surface area contributed by atoms with Crippen LogP contribution in [-0.4, -0.2) is 58.1 Å². The summed E-state index contributed by atoms with van der Waals surface area (Å²) >= 11 is 0. The van der Waals surface area contributed by atoms with Gasteiger partial charge < -0.3 is 14.7 Å². The van der Waals surface area contributed by atoms with E-state index in [2.05, 4.69) is 0 Å². The summed E-state index contributed by atoms with van der Waals surface area (Å²) in [7, 11) is -1.11. The second kappa shape index (κ2) is 6.15. The van der Waals surface area contributed by atoms with Crippen molar-refractivity contribution < 1.29 is 23.6 Å². The second-order valence-electron chi connectivity index (χ2n) is 4.41. The first kappa shape index (κ1) is 14.7. The molecule has 0 aromatic heterocycles. The zero-order valence-electron chi connectivity index (χ0n) is 10.9.